The Hall–Kier alpha value is -2.07. The summed E-state index contributed by atoms with van der Waals surface area (Å²) in [6, 6.07) is 12.4. The van der Waals surface area contributed by atoms with Crippen molar-refractivity contribution in [3.8, 4) is 11.5 Å². The van der Waals surface area contributed by atoms with Crippen molar-refractivity contribution in [1.82, 2.24) is 0 Å². The van der Waals surface area contributed by atoms with Crippen LogP contribution in [-0.4, -0.2) is 18.0 Å². The number of carbonyl (C=O) groups excluding carboxylic acids is 1. The highest BCUT2D eigenvalue weighted by Gasteiger charge is 2.07. The largest absolute Gasteiger partial charge is 0.503 e. The van der Waals surface area contributed by atoms with E-state index in [4.69, 9.17) is 4.74 Å². The number of carbonyl (C=O) groups is 1. The molecule has 0 radical (unpaired) electrons. The van der Waals surface area contributed by atoms with Gasteiger partial charge in [0, 0.05) is 5.56 Å². The number of methoxy groups -OCH3 is 1. The quantitative estimate of drug-likeness (QED) is 0.678. The number of aromatic hydroxyl groups is 1. The van der Waals surface area contributed by atoms with Crippen LogP contribution in [0.25, 0.3) is 6.08 Å². The van der Waals surface area contributed by atoms with E-state index in [0.29, 0.717) is 15.8 Å². The van der Waals surface area contributed by atoms with Crippen LogP contribution in [-0.2, 0) is 0 Å². The van der Waals surface area contributed by atoms with Crippen molar-refractivity contribution in [1.29, 1.82) is 0 Å². The third kappa shape index (κ3) is 3.27. The molecule has 20 heavy (non-hydrogen) atoms. The van der Waals surface area contributed by atoms with Gasteiger partial charge in [0.1, 0.15) is 0 Å². The van der Waals surface area contributed by atoms with Gasteiger partial charge in [-0.05, 0) is 39.7 Å². The molecule has 0 aromatic heterocycles. The SMILES string of the molecule is COc1cc(C=CC(=O)c2ccccc2)cc(Br)c1O. The van der Waals surface area contributed by atoms with E-state index in [2.05, 4.69) is 15.9 Å². The molecule has 0 aliphatic rings. The Morgan fingerprint density at radius 2 is 1.95 bits per heavy atom. The van der Waals surface area contributed by atoms with Crippen LogP contribution in [0.3, 0.4) is 0 Å². The number of ketones is 1. The first-order chi connectivity index (χ1) is 9.61. The second kappa shape index (κ2) is 6.39. The molecule has 0 unspecified atom stereocenters. The maximum absolute atomic E-state index is 11.9. The number of hydrogen-bond donors (Lipinski definition) is 1. The Morgan fingerprint density at radius 1 is 1.25 bits per heavy atom. The van der Waals surface area contributed by atoms with E-state index in [1.165, 1.54) is 13.2 Å². The molecular formula is C16H13BrO3. The minimum atomic E-state index is -0.0752. The van der Waals surface area contributed by atoms with Gasteiger partial charge in [0.15, 0.2) is 17.3 Å². The summed E-state index contributed by atoms with van der Waals surface area (Å²) in [5.41, 5.74) is 1.39. The maximum Gasteiger partial charge on any atom is 0.185 e. The second-order valence-electron chi connectivity index (χ2n) is 4.12. The number of phenols is 1. The Balaban J connectivity index is 2.24. The number of rotatable bonds is 4. The van der Waals surface area contributed by atoms with E-state index in [-0.39, 0.29) is 11.5 Å². The molecule has 0 saturated heterocycles. The zero-order valence-corrected chi connectivity index (χ0v) is 12.4. The Kier molecular flexibility index (Phi) is 4.58. The standard InChI is InChI=1S/C16H13BrO3/c1-20-15-10-11(9-13(17)16(15)19)7-8-14(18)12-5-3-2-4-6-12/h2-10,19H,1H3. The zero-order valence-electron chi connectivity index (χ0n) is 10.8. The molecule has 0 saturated carbocycles. The average Bonchev–Trinajstić information content (AvgIpc) is 2.48. The van der Waals surface area contributed by atoms with E-state index >= 15 is 0 Å². The molecule has 0 spiro atoms. The van der Waals surface area contributed by atoms with E-state index in [1.807, 2.05) is 18.2 Å². The lowest BCUT2D eigenvalue weighted by atomic mass is 10.1. The highest BCUT2D eigenvalue weighted by molar-refractivity contribution is 9.10. The first-order valence-corrected chi connectivity index (χ1v) is 6.75. The van der Waals surface area contributed by atoms with Crippen LogP contribution in [0.4, 0.5) is 0 Å². The molecule has 0 aliphatic heterocycles. The highest BCUT2D eigenvalue weighted by Crippen LogP contribution is 2.35. The van der Waals surface area contributed by atoms with Crippen molar-refractivity contribution in [2.75, 3.05) is 7.11 Å². The predicted octanol–water partition coefficient (Wildman–Crippen LogP) is 4.06. The predicted molar refractivity (Wildman–Crippen MR) is 82.2 cm³/mol. The van der Waals surface area contributed by atoms with Crippen molar-refractivity contribution in [2.45, 2.75) is 0 Å². The molecular weight excluding hydrogens is 320 g/mol. The lowest BCUT2D eigenvalue weighted by Crippen LogP contribution is -1.93. The maximum atomic E-state index is 11.9. The van der Waals surface area contributed by atoms with E-state index in [0.717, 1.165) is 5.56 Å². The molecule has 1 N–H and O–H groups in total. The van der Waals surface area contributed by atoms with Crippen molar-refractivity contribution in [2.24, 2.45) is 0 Å². The smallest absolute Gasteiger partial charge is 0.185 e. The minimum absolute atomic E-state index is 0.0408. The number of phenolic OH excluding ortho intramolecular Hbond substituents is 1. The van der Waals surface area contributed by atoms with Crippen LogP contribution >= 0.6 is 15.9 Å². The molecule has 2 aromatic carbocycles. The van der Waals surface area contributed by atoms with Gasteiger partial charge in [0.2, 0.25) is 0 Å². The van der Waals surface area contributed by atoms with Gasteiger partial charge < -0.3 is 9.84 Å². The fourth-order valence-electron chi connectivity index (χ4n) is 1.72. The van der Waals surface area contributed by atoms with E-state index in [1.54, 1.807) is 30.3 Å². The third-order valence-electron chi connectivity index (χ3n) is 2.76. The summed E-state index contributed by atoms with van der Waals surface area (Å²) in [7, 11) is 1.48. The van der Waals surface area contributed by atoms with Crippen molar-refractivity contribution in [3.63, 3.8) is 0 Å². The monoisotopic (exact) mass is 332 g/mol. The van der Waals surface area contributed by atoms with E-state index in [9.17, 15) is 9.90 Å². The van der Waals surface area contributed by atoms with Gasteiger partial charge in [-0.2, -0.15) is 0 Å². The number of allylic oxidation sites excluding steroid dienone is 1. The van der Waals surface area contributed by atoms with E-state index < -0.39 is 0 Å². The summed E-state index contributed by atoms with van der Waals surface area (Å²) in [6.45, 7) is 0. The van der Waals surface area contributed by atoms with Crippen molar-refractivity contribution in [3.05, 3.63) is 64.1 Å². The lowest BCUT2D eigenvalue weighted by Gasteiger charge is -2.06. The molecule has 0 heterocycles. The van der Waals surface area contributed by atoms with Crippen LogP contribution in [0.1, 0.15) is 15.9 Å². The van der Waals surface area contributed by atoms with Crippen molar-refractivity contribution >= 4 is 27.8 Å². The normalized spacial score (nSPS) is 10.7. The second-order valence-corrected chi connectivity index (χ2v) is 4.97. The van der Waals surface area contributed by atoms with Gasteiger partial charge >= 0.3 is 0 Å². The van der Waals surface area contributed by atoms with Gasteiger partial charge in [0.25, 0.3) is 0 Å². The highest BCUT2D eigenvalue weighted by atomic mass is 79.9. The molecule has 2 aromatic rings. The molecule has 4 heteroatoms. The van der Waals surface area contributed by atoms with Crippen LogP contribution in [0.5, 0.6) is 11.5 Å². The van der Waals surface area contributed by atoms with Crippen molar-refractivity contribution < 1.29 is 14.6 Å². The van der Waals surface area contributed by atoms with Crippen LogP contribution in [0.2, 0.25) is 0 Å². The average molecular weight is 333 g/mol. The zero-order chi connectivity index (χ0) is 14.5. The fraction of sp³-hybridized carbons (Fsp3) is 0.0625. The molecule has 2 rings (SSSR count). The molecule has 0 aliphatic carbocycles. The summed E-state index contributed by atoms with van der Waals surface area (Å²) in [6.07, 6.45) is 3.18. The van der Waals surface area contributed by atoms with Gasteiger partial charge in [-0.1, -0.05) is 36.4 Å². The summed E-state index contributed by atoms with van der Waals surface area (Å²) in [5.74, 6) is 0.319. The van der Waals surface area contributed by atoms with Gasteiger partial charge in [-0.25, -0.2) is 0 Å². The van der Waals surface area contributed by atoms with Gasteiger partial charge in [-0.3, -0.25) is 4.79 Å². The first kappa shape index (κ1) is 14.3. The first-order valence-electron chi connectivity index (χ1n) is 5.96. The number of hydrogen-bond acceptors (Lipinski definition) is 3. The summed E-state index contributed by atoms with van der Waals surface area (Å²) < 4.78 is 5.58. The molecule has 0 atom stereocenters. The summed E-state index contributed by atoms with van der Waals surface area (Å²) in [5, 5.41) is 9.71. The number of benzene rings is 2. The molecule has 0 amide bonds. The summed E-state index contributed by atoms with van der Waals surface area (Å²) >= 11 is 3.24. The third-order valence-corrected chi connectivity index (χ3v) is 3.36. The number of ether oxygens (including phenoxy) is 1. The summed E-state index contributed by atoms with van der Waals surface area (Å²) in [4.78, 5) is 11.9. The Morgan fingerprint density at radius 3 is 2.60 bits per heavy atom. The van der Waals surface area contributed by atoms with Crippen LogP contribution < -0.4 is 4.74 Å². The molecule has 0 bridgehead atoms. The fourth-order valence-corrected chi connectivity index (χ4v) is 2.18. The lowest BCUT2D eigenvalue weighted by molar-refractivity contribution is 0.104. The van der Waals surface area contributed by atoms with Crippen LogP contribution in [0, 0.1) is 0 Å². The van der Waals surface area contributed by atoms with Gasteiger partial charge in [0.05, 0.1) is 11.6 Å². The van der Waals surface area contributed by atoms with Crippen LogP contribution in [0.15, 0.2) is 53.0 Å². The number of halogens is 1. The topological polar surface area (TPSA) is 46.5 Å². The minimum Gasteiger partial charge on any atom is -0.503 e. The Labute approximate surface area is 125 Å². The molecule has 102 valence electrons. The Bertz CT molecular complexity index is 648. The molecule has 3 nitrogen and oxygen atoms in total. The molecule has 0 fully saturated rings. The van der Waals surface area contributed by atoms with Gasteiger partial charge in [-0.15, -0.1) is 0 Å².